The fraction of sp³-hybridized carbons (Fsp3) is 0.464. The lowest BCUT2D eigenvalue weighted by atomic mass is 10.1. The van der Waals surface area contributed by atoms with E-state index < -0.39 is 6.10 Å². The number of carbonyl (C=O) groups is 1. The van der Waals surface area contributed by atoms with Gasteiger partial charge in [0, 0.05) is 29.9 Å². The largest absolute Gasteiger partial charge is 0.380 e. The first kappa shape index (κ1) is 24.7. The van der Waals surface area contributed by atoms with Crippen LogP contribution in [0.25, 0.3) is 16.9 Å². The quantitative estimate of drug-likeness (QED) is 0.295. The number of carbonyl (C=O) groups excluding carboxylic acids is 1. The topological polar surface area (TPSA) is 91.5 Å². The molecule has 184 valence electrons. The van der Waals surface area contributed by atoms with Crippen molar-refractivity contribution in [2.45, 2.75) is 71.4 Å². The van der Waals surface area contributed by atoms with Crippen molar-refractivity contribution in [3.8, 4) is 23.1 Å². The third-order valence-electron chi connectivity index (χ3n) is 5.97. The number of hydrogen-bond acceptors (Lipinski definition) is 5. The summed E-state index contributed by atoms with van der Waals surface area (Å²) >= 11 is 0. The van der Waals surface area contributed by atoms with Crippen LogP contribution < -0.4 is 10.6 Å². The number of aliphatic hydroxyl groups is 1. The Morgan fingerprint density at radius 2 is 2.00 bits per heavy atom. The molecule has 1 aromatic carbocycles. The van der Waals surface area contributed by atoms with Crippen LogP contribution in [0, 0.1) is 17.8 Å². The molecule has 2 aromatic heterocycles. The van der Waals surface area contributed by atoms with E-state index in [2.05, 4.69) is 53.2 Å². The Labute approximate surface area is 207 Å². The Balaban J connectivity index is 1.63. The molecule has 0 unspecified atom stereocenters. The summed E-state index contributed by atoms with van der Waals surface area (Å²) in [5, 5.41) is 16.7. The summed E-state index contributed by atoms with van der Waals surface area (Å²) in [4.78, 5) is 21.7. The molecule has 1 amide bonds. The summed E-state index contributed by atoms with van der Waals surface area (Å²) in [7, 11) is 0. The second kappa shape index (κ2) is 11.4. The molecular formula is C28H35N5O2. The standard InChI is InChI=1S/C28H35N5O2/c1-4-5-6-7-24(34)15-14-23-18-33-25(17-30-27(33)26(31-23)29-16-19(2)3)20-8-10-21(11-9-20)28(35)32-22-12-13-22/h8-11,17-19,22,24,34H,4-7,12-13,16H2,1-3H3,(H,29,31)(H,32,35)/t24-/m1/s1. The molecule has 4 rings (SSSR count). The average molecular weight is 474 g/mol. The molecule has 0 radical (unpaired) electrons. The highest BCUT2D eigenvalue weighted by Crippen LogP contribution is 2.25. The van der Waals surface area contributed by atoms with Crippen molar-refractivity contribution in [1.82, 2.24) is 19.7 Å². The van der Waals surface area contributed by atoms with Crippen LogP contribution in [-0.4, -0.2) is 44.1 Å². The number of nitrogens with one attached hydrogen (secondary N) is 2. The molecule has 1 aliphatic carbocycles. The molecule has 3 N–H and O–H groups in total. The predicted octanol–water partition coefficient (Wildman–Crippen LogP) is 4.65. The van der Waals surface area contributed by atoms with Gasteiger partial charge in [0.15, 0.2) is 11.5 Å². The summed E-state index contributed by atoms with van der Waals surface area (Å²) < 4.78 is 1.97. The maximum atomic E-state index is 12.4. The van der Waals surface area contributed by atoms with Crippen LogP contribution in [0.4, 0.5) is 5.82 Å². The summed E-state index contributed by atoms with van der Waals surface area (Å²) in [6.07, 6.45) is 8.96. The van der Waals surface area contributed by atoms with Crippen molar-refractivity contribution in [2.75, 3.05) is 11.9 Å². The number of fused-ring (bicyclic) bond motifs is 1. The van der Waals surface area contributed by atoms with Crippen LogP contribution in [-0.2, 0) is 0 Å². The van der Waals surface area contributed by atoms with E-state index in [0.29, 0.717) is 41.1 Å². The third kappa shape index (κ3) is 6.61. The van der Waals surface area contributed by atoms with Crippen LogP contribution in [0.3, 0.4) is 0 Å². The number of rotatable bonds is 10. The van der Waals surface area contributed by atoms with Crippen molar-refractivity contribution < 1.29 is 9.90 Å². The Morgan fingerprint density at radius 3 is 2.69 bits per heavy atom. The molecule has 0 saturated heterocycles. The number of aromatic nitrogens is 3. The normalized spacial score (nSPS) is 14.0. The van der Waals surface area contributed by atoms with Crippen LogP contribution in [0.1, 0.15) is 75.3 Å². The molecule has 1 atom stereocenters. The number of amides is 1. The summed E-state index contributed by atoms with van der Waals surface area (Å²) in [6, 6.07) is 7.90. The van der Waals surface area contributed by atoms with Gasteiger partial charge in [-0.2, -0.15) is 0 Å². The van der Waals surface area contributed by atoms with Crippen molar-refractivity contribution in [3.05, 3.63) is 47.9 Å². The van der Waals surface area contributed by atoms with Gasteiger partial charge in [-0.05, 0) is 49.7 Å². The number of unbranched alkanes of at least 4 members (excludes halogenated alkanes) is 2. The predicted molar refractivity (Wildman–Crippen MR) is 139 cm³/mol. The lowest BCUT2D eigenvalue weighted by Gasteiger charge is -2.11. The fourth-order valence-corrected chi connectivity index (χ4v) is 3.79. The first-order chi connectivity index (χ1) is 16.9. The lowest BCUT2D eigenvalue weighted by Crippen LogP contribution is -2.25. The molecule has 7 heteroatoms. The molecule has 1 fully saturated rings. The van der Waals surface area contributed by atoms with Gasteiger partial charge in [-0.3, -0.25) is 9.20 Å². The second-order valence-electron chi connectivity index (χ2n) is 9.69. The highest BCUT2D eigenvalue weighted by Gasteiger charge is 2.23. The molecule has 2 heterocycles. The molecule has 3 aromatic rings. The molecule has 0 bridgehead atoms. The van der Waals surface area contributed by atoms with E-state index >= 15 is 0 Å². The highest BCUT2D eigenvalue weighted by atomic mass is 16.3. The van der Waals surface area contributed by atoms with Crippen LogP contribution >= 0.6 is 0 Å². The SMILES string of the molecule is CCCCC[C@@H](O)C#Cc1cn2c(-c3ccc(C(=O)NC4CC4)cc3)cnc2c(NCC(C)C)n1. The number of benzene rings is 1. The van der Waals surface area contributed by atoms with Crippen molar-refractivity contribution in [2.24, 2.45) is 5.92 Å². The zero-order valence-corrected chi connectivity index (χ0v) is 20.8. The van der Waals surface area contributed by atoms with Gasteiger partial charge < -0.3 is 15.7 Å². The first-order valence-corrected chi connectivity index (χ1v) is 12.7. The van der Waals surface area contributed by atoms with E-state index in [9.17, 15) is 9.90 Å². The Hall–Kier alpha value is -3.37. The maximum Gasteiger partial charge on any atom is 0.251 e. The smallest absolute Gasteiger partial charge is 0.251 e. The Morgan fingerprint density at radius 1 is 1.23 bits per heavy atom. The van der Waals surface area contributed by atoms with Crippen molar-refractivity contribution in [3.63, 3.8) is 0 Å². The Kier molecular flexibility index (Phi) is 8.04. The van der Waals surface area contributed by atoms with Gasteiger partial charge in [0.1, 0.15) is 11.8 Å². The van der Waals surface area contributed by atoms with Gasteiger partial charge >= 0.3 is 0 Å². The second-order valence-corrected chi connectivity index (χ2v) is 9.69. The van der Waals surface area contributed by atoms with Crippen LogP contribution in [0.2, 0.25) is 0 Å². The molecule has 1 aliphatic rings. The highest BCUT2D eigenvalue weighted by molar-refractivity contribution is 5.95. The molecule has 35 heavy (non-hydrogen) atoms. The van der Waals surface area contributed by atoms with Gasteiger partial charge in [0.2, 0.25) is 0 Å². The van der Waals surface area contributed by atoms with E-state index in [0.717, 1.165) is 49.9 Å². The summed E-state index contributed by atoms with van der Waals surface area (Å²) in [5.74, 6) is 7.07. The van der Waals surface area contributed by atoms with Gasteiger partial charge in [-0.25, -0.2) is 9.97 Å². The van der Waals surface area contributed by atoms with Gasteiger partial charge in [0.25, 0.3) is 5.91 Å². The molecule has 0 spiro atoms. The molecule has 1 saturated carbocycles. The van der Waals surface area contributed by atoms with Crippen molar-refractivity contribution >= 4 is 17.4 Å². The molecule has 7 nitrogen and oxygen atoms in total. The number of imidazole rings is 1. The Bertz CT molecular complexity index is 1220. The number of hydrogen-bond donors (Lipinski definition) is 3. The third-order valence-corrected chi connectivity index (χ3v) is 5.97. The minimum absolute atomic E-state index is 0.0309. The monoisotopic (exact) mass is 473 g/mol. The number of aliphatic hydroxyl groups excluding tert-OH is 1. The summed E-state index contributed by atoms with van der Waals surface area (Å²) in [6.45, 7) is 7.17. The zero-order valence-electron chi connectivity index (χ0n) is 20.8. The van der Waals surface area contributed by atoms with E-state index in [-0.39, 0.29) is 5.91 Å². The molecule has 0 aliphatic heterocycles. The zero-order chi connectivity index (χ0) is 24.8. The lowest BCUT2D eigenvalue weighted by molar-refractivity contribution is 0.0951. The average Bonchev–Trinajstić information content (AvgIpc) is 3.56. The maximum absolute atomic E-state index is 12.4. The first-order valence-electron chi connectivity index (χ1n) is 12.7. The van der Waals surface area contributed by atoms with E-state index in [4.69, 9.17) is 0 Å². The van der Waals surface area contributed by atoms with Gasteiger partial charge in [-0.15, -0.1) is 0 Å². The van der Waals surface area contributed by atoms with Crippen molar-refractivity contribution in [1.29, 1.82) is 0 Å². The fourth-order valence-electron chi connectivity index (χ4n) is 3.79. The minimum Gasteiger partial charge on any atom is -0.380 e. The van der Waals surface area contributed by atoms with E-state index in [1.165, 1.54) is 0 Å². The molecular weight excluding hydrogens is 438 g/mol. The van der Waals surface area contributed by atoms with Gasteiger partial charge in [0.05, 0.1) is 11.9 Å². The van der Waals surface area contributed by atoms with E-state index in [1.807, 2.05) is 41.1 Å². The van der Waals surface area contributed by atoms with Crippen LogP contribution in [0.5, 0.6) is 0 Å². The number of nitrogens with zero attached hydrogens (tertiary/aromatic N) is 3. The number of anilines is 1. The summed E-state index contributed by atoms with van der Waals surface area (Å²) in [5.41, 5.74) is 3.76. The van der Waals surface area contributed by atoms with E-state index in [1.54, 1.807) is 0 Å². The van der Waals surface area contributed by atoms with Crippen LogP contribution in [0.15, 0.2) is 36.7 Å². The van der Waals surface area contributed by atoms with Gasteiger partial charge in [-0.1, -0.05) is 51.7 Å². The minimum atomic E-state index is -0.664.